The van der Waals surface area contributed by atoms with Crippen molar-refractivity contribution >= 4 is 0 Å². The molecule has 2 heteroatoms. The molecule has 2 unspecified atom stereocenters. The van der Waals surface area contributed by atoms with E-state index in [1.54, 1.807) is 0 Å². The Kier molecular flexibility index (Phi) is 4.48. The molecule has 0 heterocycles. The lowest BCUT2D eigenvalue weighted by atomic mass is 9.75. The zero-order chi connectivity index (χ0) is 12.3. The molecule has 2 aliphatic carbocycles. The normalized spacial score (nSPS) is 34.2. The van der Waals surface area contributed by atoms with Crippen molar-refractivity contribution in [3.05, 3.63) is 0 Å². The van der Waals surface area contributed by atoms with Gasteiger partial charge >= 0.3 is 0 Å². The van der Waals surface area contributed by atoms with Gasteiger partial charge in [0.1, 0.15) is 0 Å². The van der Waals surface area contributed by atoms with Crippen LogP contribution >= 0.6 is 0 Å². The second kappa shape index (κ2) is 5.71. The summed E-state index contributed by atoms with van der Waals surface area (Å²) in [6.45, 7) is 6.86. The summed E-state index contributed by atoms with van der Waals surface area (Å²) in [5, 5.41) is 0. The molecular formula is C15H30N2. The summed E-state index contributed by atoms with van der Waals surface area (Å²) in [5.74, 6) is 0.871. The Bertz CT molecular complexity index is 237. The first kappa shape index (κ1) is 13.4. The van der Waals surface area contributed by atoms with Crippen LogP contribution in [0.15, 0.2) is 0 Å². The van der Waals surface area contributed by atoms with E-state index in [4.69, 9.17) is 5.73 Å². The van der Waals surface area contributed by atoms with E-state index >= 15 is 0 Å². The van der Waals surface area contributed by atoms with Gasteiger partial charge in [0.2, 0.25) is 0 Å². The van der Waals surface area contributed by atoms with E-state index in [-0.39, 0.29) is 0 Å². The Balaban J connectivity index is 2.06. The van der Waals surface area contributed by atoms with Crippen molar-refractivity contribution in [2.75, 3.05) is 13.1 Å². The molecular weight excluding hydrogens is 208 g/mol. The van der Waals surface area contributed by atoms with E-state index in [0.717, 1.165) is 18.5 Å². The van der Waals surface area contributed by atoms with Crippen molar-refractivity contribution in [1.29, 1.82) is 0 Å². The first-order valence-corrected chi connectivity index (χ1v) is 7.68. The Morgan fingerprint density at radius 2 is 2.06 bits per heavy atom. The number of nitrogens with two attached hydrogens (primary N) is 1. The summed E-state index contributed by atoms with van der Waals surface area (Å²) in [6.07, 6.45) is 10.9. The van der Waals surface area contributed by atoms with Gasteiger partial charge < -0.3 is 5.73 Å². The van der Waals surface area contributed by atoms with E-state index < -0.39 is 0 Å². The molecule has 0 saturated heterocycles. The van der Waals surface area contributed by atoms with Crippen molar-refractivity contribution in [3.8, 4) is 0 Å². The first-order chi connectivity index (χ1) is 8.22. The number of nitrogens with zero attached hydrogens (tertiary/aromatic N) is 1. The molecule has 0 aromatic carbocycles. The lowest BCUT2D eigenvalue weighted by Crippen LogP contribution is -2.57. The van der Waals surface area contributed by atoms with Crippen LogP contribution in [0, 0.1) is 5.92 Å². The highest BCUT2D eigenvalue weighted by Crippen LogP contribution is 2.42. The van der Waals surface area contributed by atoms with Crippen LogP contribution in [0.2, 0.25) is 0 Å². The van der Waals surface area contributed by atoms with Gasteiger partial charge in [-0.15, -0.1) is 0 Å². The molecule has 0 spiro atoms. The fourth-order valence-electron chi connectivity index (χ4n) is 3.72. The fourth-order valence-corrected chi connectivity index (χ4v) is 3.72. The van der Waals surface area contributed by atoms with Crippen LogP contribution in [0.4, 0.5) is 0 Å². The van der Waals surface area contributed by atoms with E-state index in [1.165, 1.54) is 57.9 Å². The second-order valence-electron chi connectivity index (χ2n) is 6.41. The lowest BCUT2D eigenvalue weighted by Gasteiger charge is -2.48. The van der Waals surface area contributed by atoms with Gasteiger partial charge in [-0.25, -0.2) is 0 Å². The molecule has 0 bridgehead atoms. The van der Waals surface area contributed by atoms with Gasteiger partial charge in [0, 0.05) is 18.1 Å². The smallest absolute Gasteiger partial charge is 0.0337 e. The molecule has 17 heavy (non-hydrogen) atoms. The average Bonchev–Trinajstić information content (AvgIpc) is 3.14. The monoisotopic (exact) mass is 238 g/mol. The van der Waals surface area contributed by atoms with Gasteiger partial charge in [-0.2, -0.15) is 0 Å². The second-order valence-corrected chi connectivity index (χ2v) is 6.41. The average molecular weight is 238 g/mol. The largest absolute Gasteiger partial charge is 0.329 e. The van der Waals surface area contributed by atoms with Crippen molar-refractivity contribution in [1.82, 2.24) is 4.90 Å². The third-order valence-corrected chi connectivity index (χ3v) is 4.80. The SMILES string of the molecule is CCCCN(C1CC1)C1(CN)CCCC(C)C1. The van der Waals surface area contributed by atoms with E-state index in [0.29, 0.717) is 5.54 Å². The van der Waals surface area contributed by atoms with Gasteiger partial charge in [0.05, 0.1) is 0 Å². The van der Waals surface area contributed by atoms with E-state index in [2.05, 4.69) is 18.7 Å². The highest BCUT2D eigenvalue weighted by Gasteiger charge is 2.44. The zero-order valence-electron chi connectivity index (χ0n) is 11.8. The predicted octanol–water partition coefficient (Wildman–Crippen LogP) is 3.16. The van der Waals surface area contributed by atoms with Gasteiger partial charge in [0.15, 0.2) is 0 Å². The molecule has 0 amide bonds. The van der Waals surface area contributed by atoms with Crippen LogP contribution in [-0.2, 0) is 0 Å². The molecule has 2 saturated carbocycles. The van der Waals surface area contributed by atoms with Gasteiger partial charge in [-0.05, 0) is 44.6 Å². The first-order valence-electron chi connectivity index (χ1n) is 7.68. The quantitative estimate of drug-likeness (QED) is 0.770. The molecule has 0 aliphatic heterocycles. The maximum atomic E-state index is 6.20. The van der Waals surface area contributed by atoms with Gasteiger partial charge in [-0.1, -0.05) is 33.1 Å². The number of hydrogen-bond acceptors (Lipinski definition) is 2. The fraction of sp³-hybridized carbons (Fsp3) is 1.00. The minimum atomic E-state index is 0.355. The number of hydrogen-bond donors (Lipinski definition) is 1. The summed E-state index contributed by atoms with van der Waals surface area (Å²) >= 11 is 0. The Morgan fingerprint density at radius 1 is 1.29 bits per heavy atom. The Morgan fingerprint density at radius 3 is 2.59 bits per heavy atom. The Hall–Kier alpha value is -0.0800. The molecule has 2 atom stereocenters. The molecule has 0 aromatic rings. The summed E-state index contributed by atoms with van der Waals surface area (Å²) in [7, 11) is 0. The van der Waals surface area contributed by atoms with Crippen LogP contribution in [-0.4, -0.2) is 29.6 Å². The summed E-state index contributed by atoms with van der Waals surface area (Å²) in [5.41, 5.74) is 6.55. The van der Waals surface area contributed by atoms with Crippen LogP contribution in [0.5, 0.6) is 0 Å². The van der Waals surface area contributed by atoms with Gasteiger partial charge in [0.25, 0.3) is 0 Å². The molecule has 2 N–H and O–H groups in total. The third-order valence-electron chi connectivity index (χ3n) is 4.80. The van der Waals surface area contributed by atoms with E-state index in [1.807, 2.05) is 0 Å². The topological polar surface area (TPSA) is 29.3 Å². The summed E-state index contributed by atoms with van der Waals surface area (Å²) in [4.78, 5) is 2.81. The highest BCUT2D eigenvalue weighted by molar-refractivity contribution is 5.01. The molecule has 0 radical (unpaired) electrons. The minimum absolute atomic E-state index is 0.355. The van der Waals surface area contributed by atoms with Crippen LogP contribution in [0.1, 0.15) is 65.2 Å². The molecule has 0 aromatic heterocycles. The maximum Gasteiger partial charge on any atom is 0.0337 e. The van der Waals surface area contributed by atoms with Crippen molar-refractivity contribution in [2.45, 2.75) is 76.8 Å². The van der Waals surface area contributed by atoms with Crippen molar-refractivity contribution < 1.29 is 0 Å². The third kappa shape index (κ3) is 3.03. The molecule has 100 valence electrons. The lowest BCUT2D eigenvalue weighted by molar-refractivity contribution is 0.0308. The zero-order valence-corrected chi connectivity index (χ0v) is 11.8. The van der Waals surface area contributed by atoms with Gasteiger partial charge in [-0.3, -0.25) is 4.90 Å². The number of rotatable bonds is 6. The number of unbranched alkanes of at least 4 members (excludes halogenated alkanes) is 1. The van der Waals surface area contributed by atoms with Crippen molar-refractivity contribution in [3.63, 3.8) is 0 Å². The Labute approximate surface area is 107 Å². The van der Waals surface area contributed by atoms with E-state index in [9.17, 15) is 0 Å². The summed E-state index contributed by atoms with van der Waals surface area (Å²) < 4.78 is 0. The molecule has 2 nitrogen and oxygen atoms in total. The van der Waals surface area contributed by atoms with Crippen LogP contribution in [0.25, 0.3) is 0 Å². The standard InChI is InChI=1S/C15H30N2/c1-3-4-10-17(14-7-8-14)15(12-16)9-5-6-13(2)11-15/h13-14H,3-12,16H2,1-2H3. The van der Waals surface area contributed by atoms with Crippen LogP contribution < -0.4 is 5.73 Å². The van der Waals surface area contributed by atoms with Crippen molar-refractivity contribution in [2.24, 2.45) is 11.7 Å². The van der Waals surface area contributed by atoms with Crippen LogP contribution in [0.3, 0.4) is 0 Å². The highest BCUT2D eigenvalue weighted by atomic mass is 15.3. The predicted molar refractivity (Wildman–Crippen MR) is 74.1 cm³/mol. The maximum absolute atomic E-state index is 6.20. The summed E-state index contributed by atoms with van der Waals surface area (Å²) in [6, 6.07) is 0.871. The molecule has 2 aliphatic rings. The molecule has 2 fully saturated rings. The molecule has 2 rings (SSSR count). The minimum Gasteiger partial charge on any atom is -0.329 e.